The maximum atomic E-state index is 12.3. The Morgan fingerprint density at radius 2 is 1.94 bits per heavy atom. The predicted molar refractivity (Wildman–Crippen MR) is 65.8 cm³/mol. The van der Waals surface area contributed by atoms with Gasteiger partial charge in [-0.15, -0.1) is 6.42 Å². The van der Waals surface area contributed by atoms with E-state index in [-0.39, 0.29) is 11.6 Å². The maximum absolute atomic E-state index is 12.3. The standard InChI is InChI=1S/C14H17F2N/c1-3-5-13(4-2)17-10-11-6-8-12(9-7-11)14(15)16/h2,6-9,13-14,17H,3,5,10H2,1H3. The van der Waals surface area contributed by atoms with E-state index in [1.807, 2.05) is 0 Å². The number of hydrogen-bond donors (Lipinski definition) is 1. The van der Waals surface area contributed by atoms with Crippen LogP contribution in [0.3, 0.4) is 0 Å². The van der Waals surface area contributed by atoms with E-state index in [1.165, 1.54) is 12.1 Å². The third-order valence-electron chi connectivity index (χ3n) is 2.56. The van der Waals surface area contributed by atoms with E-state index in [4.69, 9.17) is 6.42 Å². The summed E-state index contributed by atoms with van der Waals surface area (Å²) in [5.41, 5.74) is 1.02. The number of benzene rings is 1. The van der Waals surface area contributed by atoms with E-state index in [0.29, 0.717) is 6.54 Å². The Labute approximate surface area is 101 Å². The van der Waals surface area contributed by atoms with Crippen molar-refractivity contribution >= 4 is 0 Å². The monoisotopic (exact) mass is 237 g/mol. The van der Waals surface area contributed by atoms with Gasteiger partial charge in [-0.2, -0.15) is 0 Å². The van der Waals surface area contributed by atoms with E-state index in [9.17, 15) is 8.78 Å². The average Bonchev–Trinajstić information content (AvgIpc) is 2.35. The van der Waals surface area contributed by atoms with Crippen LogP contribution in [0.5, 0.6) is 0 Å². The highest BCUT2D eigenvalue weighted by Gasteiger charge is 2.06. The summed E-state index contributed by atoms with van der Waals surface area (Å²) in [6.45, 7) is 2.68. The smallest absolute Gasteiger partial charge is 0.263 e. The average molecular weight is 237 g/mol. The molecule has 1 N–H and O–H groups in total. The van der Waals surface area contributed by atoms with Crippen molar-refractivity contribution in [3.05, 3.63) is 35.4 Å². The third-order valence-corrected chi connectivity index (χ3v) is 2.56. The van der Waals surface area contributed by atoms with Gasteiger partial charge in [-0.05, 0) is 12.0 Å². The molecule has 0 aromatic heterocycles. The van der Waals surface area contributed by atoms with E-state index in [0.717, 1.165) is 18.4 Å². The number of halogens is 2. The van der Waals surface area contributed by atoms with Crippen molar-refractivity contribution in [2.24, 2.45) is 0 Å². The van der Waals surface area contributed by atoms with Crippen molar-refractivity contribution in [1.82, 2.24) is 5.32 Å². The van der Waals surface area contributed by atoms with Crippen LogP contribution in [-0.4, -0.2) is 6.04 Å². The largest absolute Gasteiger partial charge is 0.300 e. The van der Waals surface area contributed by atoms with Gasteiger partial charge in [0.25, 0.3) is 6.43 Å². The summed E-state index contributed by atoms with van der Waals surface area (Å²) in [4.78, 5) is 0. The highest BCUT2D eigenvalue weighted by atomic mass is 19.3. The number of rotatable bonds is 6. The molecule has 0 fully saturated rings. The summed E-state index contributed by atoms with van der Waals surface area (Å²) >= 11 is 0. The Balaban J connectivity index is 2.49. The normalized spacial score (nSPS) is 12.4. The van der Waals surface area contributed by atoms with Crippen LogP contribution in [0.2, 0.25) is 0 Å². The molecular formula is C14H17F2N. The van der Waals surface area contributed by atoms with Gasteiger partial charge in [-0.25, -0.2) is 8.78 Å². The van der Waals surface area contributed by atoms with Gasteiger partial charge in [0, 0.05) is 12.1 Å². The minimum atomic E-state index is -2.41. The highest BCUT2D eigenvalue weighted by molar-refractivity contribution is 5.23. The first-order chi connectivity index (χ1) is 8.17. The van der Waals surface area contributed by atoms with Crippen LogP contribution < -0.4 is 5.32 Å². The van der Waals surface area contributed by atoms with Crippen molar-refractivity contribution < 1.29 is 8.78 Å². The fourth-order valence-corrected chi connectivity index (χ4v) is 1.56. The molecular weight excluding hydrogens is 220 g/mol. The second kappa shape index (κ2) is 7.03. The molecule has 92 valence electrons. The molecule has 1 rings (SSSR count). The summed E-state index contributed by atoms with van der Waals surface area (Å²) in [5, 5.41) is 3.21. The van der Waals surface area contributed by atoms with Gasteiger partial charge in [0.1, 0.15) is 0 Å². The Morgan fingerprint density at radius 1 is 1.29 bits per heavy atom. The van der Waals surface area contributed by atoms with Gasteiger partial charge in [-0.1, -0.05) is 43.5 Å². The van der Waals surface area contributed by atoms with Crippen molar-refractivity contribution in [2.75, 3.05) is 0 Å². The molecule has 1 unspecified atom stereocenters. The van der Waals surface area contributed by atoms with Gasteiger partial charge >= 0.3 is 0 Å². The predicted octanol–water partition coefficient (Wildman–Crippen LogP) is 3.52. The maximum Gasteiger partial charge on any atom is 0.263 e. The van der Waals surface area contributed by atoms with Crippen molar-refractivity contribution in [3.8, 4) is 12.3 Å². The van der Waals surface area contributed by atoms with Crippen LogP contribution in [0.1, 0.15) is 37.3 Å². The number of nitrogens with one attached hydrogen (secondary N) is 1. The van der Waals surface area contributed by atoms with E-state index >= 15 is 0 Å². The minimum absolute atomic E-state index is 0.0507. The van der Waals surface area contributed by atoms with E-state index in [2.05, 4.69) is 18.2 Å². The lowest BCUT2D eigenvalue weighted by atomic mass is 10.1. The second-order valence-corrected chi connectivity index (χ2v) is 3.93. The molecule has 0 radical (unpaired) electrons. The van der Waals surface area contributed by atoms with Crippen LogP contribution >= 0.6 is 0 Å². The second-order valence-electron chi connectivity index (χ2n) is 3.93. The Bertz CT molecular complexity index is 365. The lowest BCUT2D eigenvalue weighted by Crippen LogP contribution is -2.26. The molecule has 0 aliphatic carbocycles. The zero-order valence-corrected chi connectivity index (χ0v) is 9.92. The minimum Gasteiger partial charge on any atom is -0.300 e. The van der Waals surface area contributed by atoms with Gasteiger partial charge in [0.15, 0.2) is 0 Å². The van der Waals surface area contributed by atoms with Crippen LogP contribution in [0.15, 0.2) is 24.3 Å². The third kappa shape index (κ3) is 4.54. The molecule has 0 amide bonds. The Kier molecular flexibility index (Phi) is 5.65. The molecule has 0 bridgehead atoms. The summed E-state index contributed by atoms with van der Waals surface area (Å²) in [6, 6.07) is 6.36. The van der Waals surface area contributed by atoms with E-state index in [1.54, 1.807) is 12.1 Å². The topological polar surface area (TPSA) is 12.0 Å². The van der Waals surface area contributed by atoms with Gasteiger partial charge < -0.3 is 0 Å². The van der Waals surface area contributed by atoms with Crippen LogP contribution in [-0.2, 0) is 6.54 Å². The number of alkyl halides is 2. The van der Waals surface area contributed by atoms with Crippen molar-refractivity contribution in [1.29, 1.82) is 0 Å². The molecule has 0 spiro atoms. The molecule has 1 atom stereocenters. The van der Waals surface area contributed by atoms with Crippen LogP contribution in [0.25, 0.3) is 0 Å². The lowest BCUT2D eigenvalue weighted by Gasteiger charge is -2.12. The van der Waals surface area contributed by atoms with Gasteiger partial charge in [-0.3, -0.25) is 5.32 Å². The van der Waals surface area contributed by atoms with E-state index < -0.39 is 6.43 Å². The first-order valence-electron chi connectivity index (χ1n) is 5.73. The van der Waals surface area contributed by atoms with Gasteiger partial charge in [0.05, 0.1) is 6.04 Å². The van der Waals surface area contributed by atoms with Crippen molar-refractivity contribution in [2.45, 2.75) is 38.8 Å². The Morgan fingerprint density at radius 3 is 2.41 bits per heavy atom. The molecule has 0 heterocycles. The fraction of sp³-hybridized carbons (Fsp3) is 0.429. The van der Waals surface area contributed by atoms with Crippen LogP contribution in [0.4, 0.5) is 8.78 Å². The number of hydrogen-bond acceptors (Lipinski definition) is 1. The SMILES string of the molecule is C#CC(CCC)NCc1ccc(C(F)F)cc1. The zero-order valence-electron chi connectivity index (χ0n) is 9.92. The molecule has 0 aliphatic rings. The fourth-order valence-electron chi connectivity index (χ4n) is 1.56. The zero-order chi connectivity index (χ0) is 12.7. The summed E-state index contributed by atoms with van der Waals surface area (Å²) in [5.74, 6) is 2.67. The molecule has 1 nitrogen and oxygen atoms in total. The summed E-state index contributed by atoms with van der Waals surface area (Å²) in [7, 11) is 0. The summed E-state index contributed by atoms with van der Waals surface area (Å²) < 4.78 is 24.7. The molecule has 17 heavy (non-hydrogen) atoms. The molecule has 1 aromatic rings. The van der Waals surface area contributed by atoms with Crippen LogP contribution in [0, 0.1) is 12.3 Å². The first kappa shape index (κ1) is 13.7. The quantitative estimate of drug-likeness (QED) is 0.746. The molecule has 3 heteroatoms. The molecule has 0 saturated heterocycles. The number of terminal acetylenes is 1. The Hall–Kier alpha value is -1.40. The first-order valence-corrected chi connectivity index (χ1v) is 5.73. The molecule has 0 aliphatic heterocycles. The highest BCUT2D eigenvalue weighted by Crippen LogP contribution is 2.18. The van der Waals surface area contributed by atoms with Gasteiger partial charge in [0.2, 0.25) is 0 Å². The molecule has 0 saturated carbocycles. The summed E-state index contributed by atoms with van der Waals surface area (Å²) in [6.07, 6.45) is 4.91. The lowest BCUT2D eigenvalue weighted by molar-refractivity contribution is 0.151. The van der Waals surface area contributed by atoms with Crippen molar-refractivity contribution in [3.63, 3.8) is 0 Å². The molecule has 1 aromatic carbocycles.